The normalized spacial score (nSPS) is 22.8. The van der Waals surface area contributed by atoms with E-state index < -0.39 is 0 Å². The second kappa shape index (κ2) is 5.35. The Balaban J connectivity index is 2.09. The highest BCUT2D eigenvalue weighted by atomic mass is 16.1. The van der Waals surface area contributed by atoms with Crippen molar-refractivity contribution in [3.63, 3.8) is 0 Å². The van der Waals surface area contributed by atoms with Gasteiger partial charge in [-0.25, -0.2) is 0 Å². The number of nitrogens with zero attached hydrogens (tertiary/aromatic N) is 1. The van der Waals surface area contributed by atoms with E-state index in [0.717, 1.165) is 18.5 Å². The molecule has 1 amide bonds. The number of carbonyl (C=O) groups is 1. The van der Waals surface area contributed by atoms with E-state index in [1.54, 1.807) is 12.3 Å². The molecule has 4 N–H and O–H groups in total. The summed E-state index contributed by atoms with van der Waals surface area (Å²) in [7, 11) is 0. The predicted octanol–water partition coefficient (Wildman–Crippen LogP) is 1.59. The fraction of sp³-hybridized carbons (Fsp3) is 0.538. The molecule has 1 fully saturated rings. The van der Waals surface area contributed by atoms with E-state index in [1.165, 1.54) is 6.42 Å². The first kappa shape index (κ1) is 12.8. The number of rotatable bonds is 3. The summed E-state index contributed by atoms with van der Waals surface area (Å²) in [5.74, 6) is 6.02. The van der Waals surface area contributed by atoms with Crippen molar-refractivity contribution in [2.45, 2.75) is 39.2 Å². The van der Waals surface area contributed by atoms with E-state index in [2.05, 4.69) is 22.7 Å². The van der Waals surface area contributed by atoms with Gasteiger partial charge in [-0.2, -0.15) is 0 Å². The van der Waals surface area contributed by atoms with E-state index in [4.69, 9.17) is 5.84 Å². The average Bonchev–Trinajstić information content (AvgIpc) is 2.74. The van der Waals surface area contributed by atoms with Crippen LogP contribution in [0.1, 0.15) is 42.2 Å². The van der Waals surface area contributed by atoms with Crippen LogP contribution in [0.25, 0.3) is 0 Å². The van der Waals surface area contributed by atoms with Crippen molar-refractivity contribution in [3.05, 3.63) is 23.5 Å². The van der Waals surface area contributed by atoms with Crippen LogP contribution in [-0.2, 0) is 0 Å². The Hall–Kier alpha value is -1.62. The molecule has 0 saturated heterocycles. The van der Waals surface area contributed by atoms with Gasteiger partial charge in [-0.1, -0.05) is 6.92 Å². The first-order chi connectivity index (χ1) is 8.60. The Morgan fingerprint density at radius 1 is 1.50 bits per heavy atom. The average molecular weight is 248 g/mol. The van der Waals surface area contributed by atoms with Crippen LogP contribution >= 0.6 is 0 Å². The largest absolute Gasteiger partial charge is 0.349 e. The minimum atomic E-state index is -0.102. The standard InChI is InChI=1S/C13H20N4O/c1-8-3-4-10(5-8)16-13(18)11-7-15-9(2)6-12(11)17-14/h6-8,10H,3-5,14H2,1-2H3,(H,15,17)(H,16,18). The molecule has 1 aliphatic carbocycles. The van der Waals surface area contributed by atoms with E-state index in [-0.39, 0.29) is 11.9 Å². The highest BCUT2D eigenvalue weighted by Crippen LogP contribution is 2.25. The smallest absolute Gasteiger partial charge is 0.255 e. The number of hydrogen-bond acceptors (Lipinski definition) is 4. The van der Waals surface area contributed by atoms with Crippen LogP contribution in [0.3, 0.4) is 0 Å². The summed E-state index contributed by atoms with van der Waals surface area (Å²) in [5.41, 5.74) is 4.50. The Labute approximate surface area is 107 Å². The lowest BCUT2D eigenvalue weighted by Crippen LogP contribution is -2.33. The molecule has 0 aromatic carbocycles. The Kier molecular flexibility index (Phi) is 3.81. The number of pyridine rings is 1. The first-order valence-electron chi connectivity index (χ1n) is 6.34. The number of nitrogens with two attached hydrogens (primary N) is 1. The second-order valence-corrected chi connectivity index (χ2v) is 5.10. The first-order valence-corrected chi connectivity index (χ1v) is 6.34. The summed E-state index contributed by atoms with van der Waals surface area (Å²) in [6.07, 6.45) is 4.85. The summed E-state index contributed by atoms with van der Waals surface area (Å²) in [6, 6.07) is 2.05. The minimum Gasteiger partial charge on any atom is -0.349 e. The molecule has 1 saturated carbocycles. The molecule has 0 aliphatic heterocycles. The topological polar surface area (TPSA) is 80.0 Å². The molecule has 0 spiro atoms. The third-order valence-corrected chi connectivity index (χ3v) is 3.47. The lowest BCUT2D eigenvalue weighted by molar-refractivity contribution is 0.0937. The van der Waals surface area contributed by atoms with Gasteiger partial charge >= 0.3 is 0 Å². The van der Waals surface area contributed by atoms with E-state index in [1.807, 2.05) is 6.92 Å². The number of nitrogen functional groups attached to an aromatic ring is 1. The number of hydrazine groups is 1. The van der Waals surface area contributed by atoms with Crippen LogP contribution < -0.4 is 16.6 Å². The van der Waals surface area contributed by atoms with Crippen molar-refractivity contribution in [3.8, 4) is 0 Å². The monoisotopic (exact) mass is 248 g/mol. The molecule has 2 atom stereocenters. The summed E-state index contributed by atoms with van der Waals surface area (Å²) in [6.45, 7) is 4.08. The van der Waals surface area contributed by atoms with Crippen molar-refractivity contribution < 1.29 is 4.79 Å². The highest BCUT2D eigenvalue weighted by molar-refractivity contribution is 5.99. The Bertz CT molecular complexity index is 447. The second-order valence-electron chi connectivity index (χ2n) is 5.10. The SMILES string of the molecule is Cc1cc(NN)c(C(=O)NC2CCC(C)C2)cn1. The third-order valence-electron chi connectivity index (χ3n) is 3.47. The maximum absolute atomic E-state index is 12.2. The van der Waals surface area contributed by atoms with Gasteiger partial charge in [-0.3, -0.25) is 15.6 Å². The summed E-state index contributed by atoms with van der Waals surface area (Å²) in [5, 5.41) is 3.05. The van der Waals surface area contributed by atoms with Crippen molar-refractivity contribution in [1.29, 1.82) is 0 Å². The van der Waals surface area contributed by atoms with Gasteiger partial charge in [-0.05, 0) is 38.2 Å². The van der Waals surface area contributed by atoms with Crippen LogP contribution in [-0.4, -0.2) is 16.9 Å². The quantitative estimate of drug-likeness (QED) is 0.560. The molecule has 18 heavy (non-hydrogen) atoms. The van der Waals surface area contributed by atoms with E-state index >= 15 is 0 Å². The Morgan fingerprint density at radius 3 is 2.89 bits per heavy atom. The minimum absolute atomic E-state index is 0.102. The molecule has 5 nitrogen and oxygen atoms in total. The van der Waals surface area contributed by atoms with Gasteiger partial charge < -0.3 is 10.7 Å². The molecule has 98 valence electrons. The highest BCUT2D eigenvalue weighted by Gasteiger charge is 2.24. The maximum atomic E-state index is 12.2. The molecule has 0 radical (unpaired) electrons. The van der Waals surface area contributed by atoms with Crippen molar-refractivity contribution in [1.82, 2.24) is 10.3 Å². The van der Waals surface area contributed by atoms with Gasteiger partial charge in [0.25, 0.3) is 5.91 Å². The molecule has 2 unspecified atom stereocenters. The number of aryl methyl sites for hydroxylation is 1. The number of carbonyl (C=O) groups excluding carboxylic acids is 1. The molecule has 2 rings (SSSR count). The van der Waals surface area contributed by atoms with Crippen molar-refractivity contribution >= 4 is 11.6 Å². The van der Waals surface area contributed by atoms with Crippen LogP contribution in [0.4, 0.5) is 5.69 Å². The predicted molar refractivity (Wildman–Crippen MR) is 71.1 cm³/mol. The lowest BCUT2D eigenvalue weighted by Gasteiger charge is -2.14. The molecule has 1 heterocycles. The summed E-state index contributed by atoms with van der Waals surface area (Å²) < 4.78 is 0. The molecule has 0 bridgehead atoms. The molecule has 5 heteroatoms. The zero-order valence-corrected chi connectivity index (χ0v) is 10.9. The van der Waals surface area contributed by atoms with Gasteiger partial charge in [0.15, 0.2) is 0 Å². The van der Waals surface area contributed by atoms with Crippen LogP contribution in [0.15, 0.2) is 12.3 Å². The summed E-state index contributed by atoms with van der Waals surface area (Å²) in [4.78, 5) is 16.3. The maximum Gasteiger partial charge on any atom is 0.255 e. The summed E-state index contributed by atoms with van der Waals surface area (Å²) >= 11 is 0. The fourth-order valence-electron chi connectivity index (χ4n) is 2.46. The van der Waals surface area contributed by atoms with E-state index in [9.17, 15) is 4.79 Å². The zero-order valence-electron chi connectivity index (χ0n) is 10.9. The molecule has 1 aromatic rings. The molecular formula is C13H20N4O. The zero-order chi connectivity index (χ0) is 13.1. The molecule has 1 aliphatic rings. The van der Waals surface area contributed by atoms with Gasteiger partial charge in [-0.15, -0.1) is 0 Å². The van der Waals surface area contributed by atoms with Crippen LogP contribution in [0.5, 0.6) is 0 Å². The number of amides is 1. The van der Waals surface area contributed by atoms with Gasteiger partial charge in [0.1, 0.15) is 0 Å². The van der Waals surface area contributed by atoms with Crippen LogP contribution in [0.2, 0.25) is 0 Å². The lowest BCUT2D eigenvalue weighted by atomic mass is 10.1. The molecular weight excluding hydrogens is 228 g/mol. The number of nitrogens with one attached hydrogen (secondary N) is 2. The number of anilines is 1. The van der Waals surface area contributed by atoms with Crippen LogP contribution in [0, 0.1) is 12.8 Å². The fourth-order valence-corrected chi connectivity index (χ4v) is 2.46. The number of aromatic nitrogens is 1. The number of hydrogen-bond donors (Lipinski definition) is 3. The molecule has 1 aromatic heterocycles. The van der Waals surface area contributed by atoms with E-state index in [0.29, 0.717) is 17.2 Å². The Morgan fingerprint density at radius 2 is 2.28 bits per heavy atom. The van der Waals surface area contributed by atoms with Gasteiger partial charge in [0, 0.05) is 17.9 Å². The van der Waals surface area contributed by atoms with Gasteiger partial charge in [0.05, 0.1) is 11.3 Å². The van der Waals surface area contributed by atoms with Crippen molar-refractivity contribution in [2.75, 3.05) is 5.43 Å². The van der Waals surface area contributed by atoms with Crippen molar-refractivity contribution in [2.24, 2.45) is 11.8 Å². The third kappa shape index (κ3) is 2.79. The van der Waals surface area contributed by atoms with Gasteiger partial charge in [0.2, 0.25) is 0 Å².